The number of hydrogen-bond acceptors (Lipinski definition) is 4. The number of aliphatic hydroxyl groups is 1. The minimum atomic E-state index is -1.22. The molecule has 0 radical (unpaired) electrons. The molecule has 0 aliphatic rings. The van der Waals surface area contributed by atoms with Crippen LogP contribution in [0.2, 0.25) is 0 Å². The Labute approximate surface area is 144 Å². The lowest BCUT2D eigenvalue weighted by Crippen LogP contribution is -2.42. The number of unbranched alkanes of at least 4 members (excludes halogenated alkanes) is 6. The Balaban J connectivity index is 3.90. The zero-order valence-electron chi connectivity index (χ0n) is 14.6. The summed E-state index contributed by atoms with van der Waals surface area (Å²) in [6.45, 7) is 2.17. The van der Waals surface area contributed by atoms with Crippen molar-refractivity contribution >= 4 is 17.8 Å². The molecule has 0 fully saturated rings. The van der Waals surface area contributed by atoms with Crippen LogP contribution in [-0.4, -0.2) is 40.1 Å². The summed E-state index contributed by atoms with van der Waals surface area (Å²) < 4.78 is 0. The Morgan fingerprint density at radius 1 is 1.00 bits per heavy atom. The molecule has 0 aliphatic carbocycles. The Bertz CT molecular complexity index is 387. The zero-order chi connectivity index (χ0) is 18.4. The number of nitrogens with two attached hydrogens (primary N) is 1. The molecule has 24 heavy (non-hydrogen) atoms. The molecule has 0 aromatic carbocycles. The van der Waals surface area contributed by atoms with Crippen LogP contribution in [-0.2, 0) is 14.4 Å². The first-order valence-electron chi connectivity index (χ1n) is 8.85. The van der Waals surface area contributed by atoms with Gasteiger partial charge in [0.25, 0.3) is 0 Å². The van der Waals surface area contributed by atoms with Gasteiger partial charge in [0.1, 0.15) is 6.04 Å². The van der Waals surface area contributed by atoms with E-state index < -0.39 is 29.9 Å². The number of carboxylic acid groups (broad SMARTS) is 1. The maximum absolute atomic E-state index is 11.8. The van der Waals surface area contributed by atoms with Gasteiger partial charge < -0.3 is 21.3 Å². The van der Waals surface area contributed by atoms with Crippen molar-refractivity contribution in [2.24, 2.45) is 5.73 Å². The van der Waals surface area contributed by atoms with Crippen molar-refractivity contribution in [1.29, 1.82) is 0 Å². The highest BCUT2D eigenvalue weighted by Gasteiger charge is 2.21. The fourth-order valence-electron chi connectivity index (χ4n) is 2.45. The Hall–Kier alpha value is -1.63. The van der Waals surface area contributed by atoms with Gasteiger partial charge in [0.05, 0.1) is 12.5 Å². The summed E-state index contributed by atoms with van der Waals surface area (Å²) in [4.78, 5) is 33.5. The largest absolute Gasteiger partial charge is 0.480 e. The van der Waals surface area contributed by atoms with E-state index >= 15 is 0 Å². The van der Waals surface area contributed by atoms with E-state index in [0.29, 0.717) is 6.42 Å². The number of carboxylic acids is 1. The number of rotatable bonds is 15. The summed E-state index contributed by atoms with van der Waals surface area (Å²) >= 11 is 0. The van der Waals surface area contributed by atoms with E-state index in [2.05, 4.69) is 12.2 Å². The number of aliphatic carboxylic acids is 1. The molecule has 0 aliphatic heterocycles. The van der Waals surface area contributed by atoms with Crippen molar-refractivity contribution in [3.8, 4) is 0 Å². The average molecular weight is 344 g/mol. The number of aliphatic hydroxyl groups excluding tert-OH is 1. The minimum absolute atomic E-state index is 0.0513. The van der Waals surface area contributed by atoms with Crippen LogP contribution in [0.1, 0.15) is 77.6 Å². The van der Waals surface area contributed by atoms with Gasteiger partial charge in [-0.3, -0.25) is 9.59 Å². The molecule has 0 aromatic heterocycles. The molecule has 7 nitrogen and oxygen atoms in total. The van der Waals surface area contributed by atoms with Gasteiger partial charge in [-0.1, -0.05) is 51.9 Å². The number of carbonyl (C=O) groups excluding carboxylic acids is 2. The number of nitrogens with one attached hydrogen (secondary N) is 1. The number of hydrogen-bond donors (Lipinski definition) is 4. The molecule has 2 atom stereocenters. The molecule has 0 aromatic rings. The first kappa shape index (κ1) is 22.4. The highest BCUT2D eigenvalue weighted by atomic mass is 16.4. The molecule has 0 saturated carbocycles. The van der Waals surface area contributed by atoms with Crippen LogP contribution in [0.3, 0.4) is 0 Å². The number of amides is 2. The van der Waals surface area contributed by atoms with Gasteiger partial charge in [0.2, 0.25) is 11.8 Å². The van der Waals surface area contributed by atoms with Crippen molar-refractivity contribution in [2.75, 3.05) is 0 Å². The maximum atomic E-state index is 11.8. The van der Waals surface area contributed by atoms with E-state index in [1.165, 1.54) is 25.7 Å². The highest BCUT2D eigenvalue weighted by molar-refractivity contribution is 5.84. The maximum Gasteiger partial charge on any atom is 0.326 e. The average Bonchev–Trinajstić information content (AvgIpc) is 2.50. The molecule has 0 heterocycles. The smallest absolute Gasteiger partial charge is 0.326 e. The standard InChI is InChI=1S/C17H32N2O5/c1-2-3-4-5-6-7-8-9-13(20)12-16(22)19-14(17(23)24)10-11-15(18)21/h13-14,20H,2-12H2,1H3,(H2,18,21)(H,19,22)(H,23,24). The lowest BCUT2D eigenvalue weighted by molar-refractivity contribution is -0.142. The van der Waals surface area contributed by atoms with Gasteiger partial charge in [0.15, 0.2) is 0 Å². The van der Waals surface area contributed by atoms with Crippen molar-refractivity contribution in [2.45, 2.75) is 89.7 Å². The first-order chi connectivity index (χ1) is 11.4. The SMILES string of the molecule is CCCCCCCCCC(O)CC(=O)NC(CCC(N)=O)C(=O)O. The van der Waals surface area contributed by atoms with E-state index in [1.807, 2.05) is 0 Å². The summed E-state index contributed by atoms with van der Waals surface area (Å²) in [5.41, 5.74) is 4.97. The van der Waals surface area contributed by atoms with Gasteiger partial charge in [-0.25, -0.2) is 4.79 Å². The molecule has 0 rings (SSSR count). The normalized spacial score (nSPS) is 13.2. The van der Waals surface area contributed by atoms with Crippen LogP contribution in [0.25, 0.3) is 0 Å². The van der Waals surface area contributed by atoms with E-state index in [1.54, 1.807) is 0 Å². The quantitative estimate of drug-likeness (QED) is 0.336. The van der Waals surface area contributed by atoms with Crippen molar-refractivity contribution in [3.05, 3.63) is 0 Å². The van der Waals surface area contributed by atoms with Crippen molar-refractivity contribution < 1.29 is 24.6 Å². The Morgan fingerprint density at radius 3 is 2.12 bits per heavy atom. The number of carbonyl (C=O) groups is 3. The van der Waals surface area contributed by atoms with Crippen LogP contribution in [0.5, 0.6) is 0 Å². The molecule has 0 spiro atoms. The van der Waals surface area contributed by atoms with Crippen LogP contribution in [0.15, 0.2) is 0 Å². The second-order valence-corrected chi connectivity index (χ2v) is 6.23. The summed E-state index contributed by atoms with van der Waals surface area (Å²) in [5.74, 6) is -2.36. The number of primary amides is 1. The van der Waals surface area contributed by atoms with Crippen molar-refractivity contribution in [3.63, 3.8) is 0 Å². The third kappa shape index (κ3) is 12.9. The first-order valence-corrected chi connectivity index (χ1v) is 8.85. The lowest BCUT2D eigenvalue weighted by Gasteiger charge is -2.15. The van der Waals surface area contributed by atoms with E-state index in [0.717, 1.165) is 19.3 Å². The van der Waals surface area contributed by atoms with E-state index in [-0.39, 0.29) is 19.3 Å². The molecule has 5 N–H and O–H groups in total. The molecular formula is C17H32N2O5. The zero-order valence-corrected chi connectivity index (χ0v) is 14.6. The molecular weight excluding hydrogens is 312 g/mol. The topological polar surface area (TPSA) is 130 Å². The van der Waals surface area contributed by atoms with Gasteiger partial charge in [-0.2, -0.15) is 0 Å². The molecule has 0 bridgehead atoms. The predicted octanol–water partition coefficient (Wildman–Crippen LogP) is 1.71. The van der Waals surface area contributed by atoms with Gasteiger partial charge >= 0.3 is 5.97 Å². The van der Waals surface area contributed by atoms with Crippen LogP contribution < -0.4 is 11.1 Å². The lowest BCUT2D eigenvalue weighted by atomic mass is 10.0. The Morgan fingerprint density at radius 2 is 1.58 bits per heavy atom. The van der Waals surface area contributed by atoms with Crippen LogP contribution in [0, 0.1) is 0 Å². The molecule has 140 valence electrons. The van der Waals surface area contributed by atoms with Gasteiger partial charge in [-0.05, 0) is 12.8 Å². The van der Waals surface area contributed by atoms with Gasteiger partial charge in [0, 0.05) is 6.42 Å². The monoisotopic (exact) mass is 344 g/mol. The summed E-state index contributed by atoms with van der Waals surface area (Å²) in [6.07, 6.45) is 7.38. The molecule has 2 unspecified atom stereocenters. The van der Waals surface area contributed by atoms with Crippen LogP contribution >= 0.6 is 0 Å². The second kappa shape index (κ2) is 13.8. The van der Waals surface area contributed by atoms with Crippen molar-refractivity contribution in [1.82, 2.24) is 5.32 Å². The highest BCUT2D eigenvalue weighted by Crippen LogP contribution is 2.11. The molecule has 0 saturated heterocycles. The third-order valence-electron chi connectivity index (χ3n) is 3.87. The summed E-state index contributed by atoms with van der Waals surface area (Å²) in [6, 6.07) is -1.16. The second-order valence-electron chi connectivity index (χ2n) is 6.23. The summed E-state index contributed by atoms with van der Waals surface area (Å²) in [7, 11) is 0. The van der Waals surface area contributed by atoms with E-state index in [9.17, 15) is 19.5 Å². The molecule has 2 amide bonds. The fourth-order valence-corrected chi connectivity index (χ4v) is 2.45. The predicted molar refractivity (Wildman–Crippen MR) is 91.2 cm³/mol. The minimum Gasteiger partial charge on any atom is -0.480 e. The van der Waals surface area contributed by atoms with Crippen LogP contribution in [0.4, 0.5) is 0 Å². The molecule has 7 heteroatoms. The van der Waals surface area contributed by atoms with Gasteiger partial charge in [-0.15, -0.1) is 0 Å². The third-order valence-corrected chi connectivity index (χ3v) is 3.87. The van der Waals surface area contributed by atoms with E-state index in [4.69, 9.17) is 10.8 Å². The fraction of sp³-hybridized carbons (Fsp3) is 0.824. The summed E-state index contributed by atoms with van der Waals surface area (Å²) in [5, 5.41) is 21.2. The Kier molecular flexibility index (Phi) is 12.8.